The molecule has 0 aliphatic heterocycles. The van der Waals surface area contributed by atoms with Gasteiger partial charge in [0, 0.05) is 11.8 Å². The largest absolute Gasteiger partial charge is 0.544 e. The minimum atomic E-state index is -7.41. The standard InChI is InChI=1S/C32H47F9O5SSi2/c1-26(2,3)48(8,9)45-22-15-12-20(13-16-22)23-18-21-14-17-25(46-49(10,11)27(4,5)6)28(21,7)19-24(23)44-47(42,43)32(40,41)30(35,36)29(33,34)31(37,38)39/h12-13,15-16,21,25H,14,17-19H2,1-11H3/t21-,25-,28-/m0/s1. The summed E-state index contributed by atoms with van der Waals surface area (Å²) in [6, 6.07) is 6.12. The van der Waals surface area contributed by atoms with Crippen molar-refractivity contribution in [2.45, 2.75) is 140 Å². The highest BCUT2D eigenvalue weighted by molar-refractivity contribution is 7.88. The average molecular weight is 771 g/mol. The summed E-state index contributed by atoms with van der Waals surface area (Å²) >= 11 is 0. The van der Waals surface area contributed by atoms with Gasteiger partial charge in [0.05, 0.1) is 6.10 Å². The van der Waals surface area contributed by atoms with Crippen molar-refractivity contribution in [3.63, 3.8) is 0 Å². The van der Waals surface area contributed by atoms with Gasteiger partial charge in [0.1, 0.15) is 11.5 Å². The second-order valence-corrected chi connectivity index (χ2v) is 27.6. The summed E-state index contributed by atoms with van der Waals surface area (Å²) in [4.78, 5) is 0. The van der Waals surface area contributed by atoms with Crippen LogP contribution in [0.3, 0.4) is 0 Å². The lowest BCUT2D eigenvalue weighted by molar-refractivity contribution is -0.382. The van der Waals surface area contributed by atoms with Crippen LogP contribution in [0.25, 0.3) is 5.57 Å². The van der Waals surface area contributed by atoms with E-state index >= 15 is 0 Å². The topological polar surface area (TPSA) is 61.8 Å². The van der Waals surface area contributed by atoms with Gasteiger partial charge in [0.25, 0.3) is 0 Å². The first-order chi connectivity index (χ1) is 21.6. The number of rotatable bonds is 10. The SMILES string of the molecule is CC(C)(C)[Si](C)(C)Oc1ccc(C2=C(OS(=O)(=O)C(F)(F)C(F)(F)C(F)(F)C(F)(F)F)C[C@@]3(C)[C@@H](CC[C@@H]3O[Si](C)(C)C(C)(C)C)C2)cc1. The Balaban J connectivity index is 2.16. The van der Waals surface area contributed by atoms with Crippen molar-refractivity contribution >= 4 is 32.3 Å². The number of allylic oxidation sites excluding steroid dienone is 2. The Labute approximate surface area is 285 Å². The minimum Gasteiger partial charge on any atom is -0.544 e. The minimum absolute atomic E-state index is 0.00181. The van der Waals surface area contributed by atoms with E-state index in [9.17, 15) is 47.9 Å². The molecular weight excluding hydrogens is 724 g/mol. The Morgan fingerprint density at radius 1 is 0.755 bits per heavy atom. The average Bonchev–Trinajstić information content (AvgIpc) is 3.20. The maximum atomic E-state index is 14.9. The van der Waals surface area contributed by atoms with Crippen molar-refractivity contribution in [1.29, 1.82) is 0 Å². The molecule has 3 atom stereocenters. The van der Waals surface area contributed by atoms with Gasteiger partial charge in [-0.15, -0.1) is 0 Å². The van der Waals surface area contributed by atoms with Crippen LogP contribution in [0.1, 0.15) is 79.7 Å². The summed E-state index contributed by atoms with van der Waals surface area (Å²) in [6.45, 7) is 21.7. The second-order valence-electron chi connectivity index (χ2n) is 16.5. The van der Waals surface area contributed by atoms with Crippen LogP contribution in [0.4, 0.5) is 39.5 Å². The third-order valence-corrected chi connectivity index (χ3v) is 21.2. The zero-order valence-corrected chi connectivity index (χ0v) is 32.5. The van der Waals surface area contributed by atoms with E-state index in [1.54, 1.807) is 19.1 Å². The molecule has 0 heterocycles. The maximum Gasteiger partial charge on any atom is 0.460 e. The van der Waals surface area contributed by atoms with Crippen molar-refractivity contribution in [2.24, 2.45) is 11.3 Å². The van der Waals surface area contributed by atoms with Crippen molar-refractivity contribution < 1.29 is 61.0 Å². The van der Waals surface area contributed by atoms with E-state index in [0.717, 1.165) is 0 Å². The third kappa shape index (κ3) is 7.33. The number of hydrogen-bond donors (Lipinski definition) is 0. The van der Waals surface area contributed by atoms with Crippen LogP contribution in [0.15, 0.2) is 30.0 Å². The van der Waals surface area contributed by atoms with Crippen LogP contribution in [0.2, 0.25) is 36.3 Å². The molecule has 2 aliphatic rings. The molecule has 1 fully saturated rings. The van der Waals surface area contributed by atoms with Crippen molar-refractivity contribution in [2.75, 3.05) is 0 Å². The quantitative estimate of drug-likeness (QED) is 0.135. The fourth-order valence-corrected chi connectivity index (χ4v) is 9.09. The third-order valence-electron chi connectivity index (χ3n) is 11.0. The summed E-state index contributed by atoms with van der Waals surface area (Å²) in [7, 11) is -11.9. The van der Waals surface area contributed by atoms with Gasteiger partial charge in [-0.1, -0.05) is 60.6 Å². The highest BCUT2D eigenvalue weighted by Gasteiger charge is 2.86. The molecule has 1 saturated carbocycles. The molecule has 17 heteroatoms. The molecule has 0 spiro atoms. The van der Waals surface area contributed by atoms with E-state index in [0.29, 0.717) is 18.6 Å². The van der Waals surface area contributed by atoms with Gasteiger partial charge in [-0.25, -0.2) is 0 Å². The summed E-state index contributed by atoms with van der Waals surface area (Å²) in [5, 5.41) is -7.41. The van der Waals surface area contributed by atoms with Crippen molar-refractivity contribution in [1.82, 2.24) is 0 Å². The molecule has 1 aromatic rings. The van der Waals surface area contributed by atoms with E-state index in [1.807, 2.05) is 67.7 Å². The molecule has 1 aromatic carbocycles. The molecule has 0 amide bonds. The van der Waals surface area contributed by atoms with Gasteiger partial charge >= 0.3 is 33.4 Å². The predicted octanol–water partition coefficient (Wildman–Crippen LogP) is 11.2. The van der Waals surface area contributed by atoms with Crippen LogP contribution >= 0.6 is 0 Å². The summed E-state index contributed by atoms with van der Waals surface area (Å²) < 4.78 is 168. The molecule has 49 heavy (non-hydrogen) atoms. The summed E-state index contributed by atoms with van der Waals surface area (Å²) in [5.41, 5.74) is -0.720. The fraction of sp³-hybridized carbons (Fsp3) is 0.750. The van der Waals surface area contributed by atoms with Gasteiger partial charge in [-0.3, -0.25) is 0 Å². The molecule has 5 nitrogen and oxygen atoms in total. The van der Waals surface area contributed by atoms with E-state index in [4.69, 9.17) is 8.85 Å². The van der Waals surface area contributed by atoms with Gasteiger partial charge in [-0.05, 0) is 84.7 Å². The number of alkyl halides is 9. The molecule has 2 aliphatic carbocycles. The molecule has 282 valence electrons. The zero-order valence-electron chi connectivity index (χ0n) is 29.6. The van der Waals surface area contributed by atoms with Crippen molar-refractivity contribution in [3.8, 4) is 5.75 Å². The van der Waals surface area contributed by atoms with E-state index in [-0.39, 0.29) is 33.6 Å². The predicted molar refractivity (Wildman–Crippen MR) is 174 cm³/mol. The van der Waals surface area contributed by atoms with E-state index in [1.165, 1.54) is 12.1 Å². The lowest BCUT2D eigenvalue weighted by Gasteiger charge is -2.46. The van der Waals surface area contributed by atoms with Gasteiger partial charge in [-0.2, -0.15) is 47.9 Å². The smallest absolute Gasteiger partial charge is 0.460 e. The van der Waals surface area contributed by atoms with E-state index < -0.39 is 73.7 Å². The van der Waals surface area contributed by atoms with Gasteiger partial charge < -0.3 is 13.0 Å². The lowest BCUT2D eigenvalue weighted by atomic mass is 9.67. The molecule has 0 N–H and O–H groups in total. The molecule has 0 aromatic heterocycles. The molecule has 0 saturated heterocycles. The summed E-state index contributed by atoms with van der Waals surface area (Å²) in [6.07, 6.45) is -7.13. The molecular formula is C32H47F9O5SSi2. The molecule has 0 bridgehead atoms. The van der Waals surface area contributed by atoms with Gasteiger partial charge in [0.2, 0.25) is 8.32 Å². The Morgan fingerprint density at radius 3 is 1.69 bits per heavy atom. The maximum absolute atomic E-state index is 14.9. The first-order valence-electron chi connectivity index (χ1n) is 15.9. The number of hydrogen-bond acceptors (Lipinski definition) is 5. The number of benzene rings is 1. The molecule has 0 unspecified atom stereocenters. The van der Waals surface area contributed by atoms with Crippen LogP contribution in [-0.4, -0.2) is 54.4 Å². The first kappa shape index (κ1) is 41.7. The highest BCUT2D eigenvalue weighted by Crippen LogP contribution is 2.60. The normalized spacial score (nSPS) is 23.8. The highest BCUT2D eigenvalue weighted by atomic mass is 32.2. The Bertz CT molecular complexity index is 1530. The monoisotopic (exact) mass is 770 g/mol. The van der Waals surface area contributed by atoms with Gasteiger partial charge in [0.15, 0.2) is 8.32 Å². The van der Waals surface area contributed by atoms with Crippen LogP contribution in [0, 0.1) is 11.3 Å². The summed E-state index contributed by atoms with van der Waals surface area (Å²) in [5.74, 6) is -15.4. The Kier molecular flexibility index (Phi) is 10.6. The van der Waals surface area contributed by atoms with E-state index in [2.05, 4.69) is 4.18 Å². The van der Waals surface area contributed by atoms with Crippen LogP contribution in [0.5, 0.6) is 5.75 Å². The number of halogens is 9. The number of fused-ring (bicyclic) bond motifs is 1. The second kappa shape index (κ2) is 12.5. The zero-order chi connectivity index (χ0) is 38.2. The lowest BCUT2D eigenvalue weighted by Crippen LogP contribution is -2.63. The van der Waals surface area contributed by atoms with Crippen molar-refractivity contribution in [3.05, 3.63) is 35.6 Å². The Hall–Kier alpha value is -1.73. The Morgan fingerprint density at radius 2 is 1.24 bits per heavy atom. The van der Waals surface area contributed by atoms with Crippen LogP contribution < -0.4 is 4.43 Å². The first-order valence-corrected chi connectivity index (χ1v) is 23.1. The van der Waals surface area contributed by atoms with Crippen LogP contribution in [-0.2, 0) is 18.7 Å². The molecule has 3 rings (SSSR count). The fourth-order valence-electron chi connectivity index (χ4n) is 5.64. The molecule has 0 radical (unpaired) electrons.